The van der Waals surface area contributed by atoms with Crippen LogP contribution in [0.3, 0.4) is 0 Å². The number of pyridine rings is 1. The molecule has 10 heteroatoms. The second kappa shape index (κ2) is 8.20. The molecule has 1 atom stereocenters. The second-order valence-corrected chi connectivity index (χ2v) is 7.39. The number of aromatic nitrogens is 4. The van der Waals surface area contributed by atoms with Crippen molar-refractivity contribution in [3.8, 4) is 11.4 Å². The van der Waals surface area contributed by atoms with Gasteiger partial charge < -0.3 is 20.5 Å². The summed E-state index contributed by atoms with van der Waals surface area (Å²) < 4.78 is 14.4. The third-order valence-corrected chi connectivity index (χ3v) is 5.26. The van der Waals surface area contributed by atoms with Crippen molar-refractivity contribution in [1.82, 2.24) is 30.2 Å². The molecule has 1 aliphatic heterocycles. The fraction of sp³-hybridized carbons (Fsp3) is 0.368. The number of aromatic amines is 1. The maximum Gasteiger partial charge on any atom is 0.317 e. The van der Waals surface area contributed by atoms with Crippen molar-refractivity contribution in [2.75, 3.05) is 25.5 Å². The van der Waals surface area contributed by atoms with Gasteiger partial charge in [-0.3, -0.25) is 0 Å². The van der Waals surface area contributed by atoms with Gasteiger partial charge in [-0.15, -0.1) is 0 Å². The van der Waals surface area contributed by atoms with Gasteiger partial charge in [-0.2, -0.15) is 0 Å². The molecule has 0 bridgehead atoms. The minimum absolute atomic E-state index is 0.0148. The van der Waals surface area contributed by atoms with Gasteiger partial charge in [0.05, 0.1) is 11.2 Å². The molecule has 4 rings (SSSR count). The van der Waals surface area contributed by atoms with Gasteiger partial charge in [0, 0.05) is 49.5 Å². The van der Waals surface area contributed by atoms with Crippen molar-refractivity contribution in [3.05, 3.63) is 35.5 Å². The monoisotopic (exact) mass is 417 g/mol. The summed E-state index contributed by atoms with van der Waals surface area (Å²) in [4.78, 5) is 29.4. The van der Waals surface area contributed by atoms with E-state index in [0.717, 1.165) is 24.4 Å². The Hall–Kier alpha value is -2.94. The molecule has 1 fully saturated rings. The number of rotatable bonds is 3. The van der Waals surface area contributed by atoms with Crippen molar-refractivity contribution in [1.29, 1.82) is 0 Å². The Morgan fingerprint density at radius 3 is 3.00 bits per heavy atom. The molecule has 3 aromatic rings. The maximum atomic E-state index is 14.4. The molecule has 3 aromatic heterocycles. The molecule has 1 aliphatic rings. The van der Waals surface area contributed by atoms with E-state index in [2.05, 4.69) is 30.6 Å². The number of urea groups is 1. The van der Waals surface area contributed by atoms with Crippen LogP contribution in [0.5, 0.6) is 0 Å². The summed E-state index contributed by atoms with van der Waals surface area (Å²) in [5.41, 5.74) is 1.36. The summed E-state index contributed by atoms with van der Waals surface area (Å²) >= 11 is 6.06. The standard InChI is InChI=1S/C19H21ClFN7O/c1-22-19(29)28-5-2-3-12(4-6-28)26-18-15(21)10-25-17(27-18)14-9-24-16-13(14)7-11(20)8-23-16/h7-10,12H,2-6H2,1H3,(H,22,29)(H,23,24)(H,25,26,27). The zero-order valence-electron chi connectivity index (χ0n) is 15.9. The maximum absolute atomic E-state index is 14.4. The van der Waals surface area contributed by atoms with Crippen molar-refractivity contribution < 1.29 is 9.18 Å². The van der Waals surface area contributed by atoms with Crippen molar-refractivity contribution in [2.45, 2.75) is 25.3 Å². The minimum Gasteiger partial charge on any atom is -0.365 e. The van der Waals surface area contributed by atoms with Crippen LogP contribution in [-0.4, -0.2) is 57.0 Å². The van der Waals surface area contributed by atoms with Crippen LogP contribution in [0.1, 0.15) is 19.3 Å². The third-order valence-electron chi connectivity index (χ3n) is 5.05. The van der Waals surface area contributed by atoms with E-state index in [1.54, 1.807) is 30.4 Å². The average Bonchev–Trinajstić information content (AvgIpc) is 2.99. The van der Waals surface area contributed by atoms with Crippen LogP contribution < -0.4 is 10.6 Å². The van der Waals surface area contributed by atoms with Gasteiger partial charge in [0.2, 0.25) is 0 Å². The highest BCUT2D eigenvalue weighted by Gasteiger charge is 2.21. The second-order valence-electron chi connectivity index (χ2n) is 6.96. The topological polar surface area (TPSA) is 98.8 Å². The summed E-state index contributed by atoms with van der Waals surface area (Å²) in [6.07, 6.45) is 6.80. The first-order valence-electron chi connectivity index (χ1n) is 9.44. The first kappa shape index (κ1) is 19.4. The lowest BCUT2D eigenvalue weighted by atomic mass is 10.1. The van der Waals surface area contributed by atoms with Crippen LogP contribution in [0.2, 0.25) is 5.02 Å². The summed E-state index contributed by atoms with van der Waals surface area (Å²) in [6, 6.07) is 1.70. The number of hydrogen-bond acceptors (Lipinski definition) is 5. The molecular weight excluding hydrogens is 397 g/mol. The van der Waals surface area contributed by atoms with Gasteiger partial charge in [0.1, 0.15) is 5.65 Å². The van der Waals surface area contributed by atoms with E-state index < -0.39 is 5.82 Å². The molecular formula is C19H21ClFN7O. The molecule has 3 N–H and O–H groups in total. The predicted molar refractivity (Wildman–Crippen MR) is 109 cm³/mol. The highest BCUT2D eigenvalue weighted by molar-refractivity contribution is 6.31. The number of carbonyl (C=O) groups is 1. The minimum atomic E-state index is -0.517. The van der Waals surface area contributed by atoms with Crippen LogP contribution in [0, 0.1) is 5.82 Å². The van der Waals surface area contributed by atoms with Crippen LogP contribution in [0.4, 0.5) is 15.0 Å². The Morgan fingerprint density at radius 1 is 1.31 bits per heavy atom. The first-order chi connectivity index (χ1) is 14.0. The number of halogens is 2. The highest BCUT2D eigenvalue weighted by atomic mass is 35.5. The Balaban J connectivity index is 1.56. The number of hydrogen-bond donors (Lipinski definition) is 3. The van der Waals surface area contributed by atoms with Gasteiger partial charge >= 0.3 is 6.03 Å². The molecule has 152 valence electrons. The van der Waals surface area contributed by atoms with E-state index in [1.165, 1.54) is 0 Å². The van der Waals surface area contributed by atoms with E-state index in [4.69, 9.17) is 11.6 Å². The molecule has 1 saturated heterocycles. The summed E-state index contributed by atoms with van der Waals surface area (Å²) in [6.45, 7) is 1.28. The molecule has 29 heavy (non-hydrogen) atoms. The Kier molecular flexibility index (Phi) is 5.48. The van der Waals surface area contributed by atoms with E-state index in [-0.39, 0.29) is 17.9 Å². The largest absolute Gasteiger partial charge is 0.365 e. The number of nitrogens with one attached hydrogen (secondary N) is 3. The molecule has 0 spiro atoms. The zero-order chi connectivity index (χ0) is 20.4. The lowest BCUT2D eigenvalue weighted by Crippen LogP contribution is -2.39. The highest BCUT2D eigenvalue weighted by Crippen LogP contribution is 2.28. The number of nitrogens with zero attached hydrogens (tertiary/aromatic N) is 4. The summed E-state index contributed by atoms with van der Waals surface area (Å²) in [7, 11) is 1.62. The SMILES string of the molecule is CNC(=O)N1CCCC(Nc2nc(-c3c[nH]c4ncc(Cl)cc34)ncc2F)CC1. The first-order valence-corrected chi connectivity index (χ1v) is 9.81. The summed E-state index contributed by atoms with van der Waals surface area (Å²) in [5.74, 6) is 0.0136. The van der Waals surface area contributed by atoms with Gasteiger partial charge in [0.15, 0.2) is 17.5 Å². The van der Waals surface area contributed by atoms with Gasteiger partial charge in [-0.05, 0) is 25.3 Å². The van der Waals surface area contributed by atoms with Gasteiger partial charge in [0.25, 0.3) is 0 Å². The van der Waals surface area contributed by atoms with E-state index in [9.17, 15) is 9.18 Å². The Labute approximate surface area is 171 Å². The third kappa shape index (κ3) is 4.09. The van der Waals surface area contributed by atoms with Crippen molar-refractivity contribution >= 4 is 34.5 Å². The number of amides is 2. The quantitative estimate of drug-likeness (QED) is 0.606. The van der Waals surface area contributed by atoms with E-state index in [1.807, 2.05) is 0 Å². The van der Waals surface area contributed by atoms with Crippen LogP contribution in [0.15, 0.2) is 24.7 Å². The predicted octanol–water partition coefficient (Wildman–Crippen LogP) is 3.42. The lowest BCUT2D eigenvalue weighted by Gasteiger charge is -2.20. The number of likely N-dealkylation sites (tertiary alicyclic amines) is 1. The normalized spacial score (nSPS) is 17.2. The van der Waals surface area contributed by atoms with Crippen LogP contribution in [0.25, 0.3) is 22.4 Å². The van der Waals surface area contributed by atoms with Crippen LogP contribution in [-0.2, 0) is 0 Å². The molecule has 0 aliphatic carbocycles. The number of H-pyrrole nitrogens is 1. The van der Waals surface area contributed by atoms with Crippen LogP contribution >= 0.6 is 11.6 Å². The fourth-order valence-corrected chi connectivity index (χ4v) is 3.71. The van der Waals surface area contributed by atoms with Crippen molar-refractivity contribution in [2.24, 2.45) is 0 Å². The Bertz CT molecular complexity index is 1040. The van der Waals surface area contributed by atoms with E-state index >= 15 is 0 Å². The van der Waals surface area contributed by atoms with Gasteiger partial charge in [-0.1, -0.05) is 11.6 Å². The smallest absolute Gasteiger partial charge is 0.317 e. The molecule has 0 saturated carbocycles. The number of anilines is 1. The summed E-state index contributed by atoms with van der Waals surface area (Å²) in [5, 5.41) is 7.11. The number of carbonyl (C=O) groups excluding carboxylic acids is 1. The molecule has 8 nitrogen and oxygen atoms in total. The molecule has 0 radical (unpaired) electrons. The number of fused-ring (bicyclic) bond motifs is 1. The molecule has 0 aromatic carbocycles. The average molecular weight is 418 g/mol. The fourth-order valence-electron chi connectivity index (χ4n) is 3.56. The van der Waals surface area contributed by atoms with Crippen molar-refractivity contribution in [3.63, 3.8) is 0 Å². The Morgan fingerprint density at radius 2 is 2.17 bits per heavy atom. The lowest BCUT2D eigenvalue weighted by molar-refractivity contribution is 0.202. The van der Waals surface area contributed by atoms with Gasteiger partial charge in [-0.25, -0.2) is 24.1 Å². The van der Waals surface area contributed by atoms with E-state index in [0.29, 0.717) is 41.6 Å². The molecule has 1 unspecified atom stereocenters. The zero-order valence-corrected chi connectivity index (χ0v) is 16.6. The molecule has 2 amide bonds. The molecule has 4 heterocycles.